The van der Waals surface area contributed by atoms with Crippen molar-refractivity contribution in [3.8, 4) is 0 Å². The first-order valence-electron chi connectivity index (χ1n) is 10.3. The number of anilines is 1. The van der Waals surface area contributed by atoms with Gasteiger partial charge < -0.3 is 10.6 Å². The Kier molecular flexibility index (Phi) is 7.25. The van der Waals surface area contributed by atoms with E-state index in [1.54, 1.807) is 56.3 Å². The predicted molar refractivity (Wildman–Crippen MR) is 121 cm³/mol. The van der Waals surface area contributed by atoms with Gasteiger partial charge in [0.1, 0.15) is 0 Å². The molecule has 2 aromatic rings. The van der Waals surface area contributed by atoms with E-state index in [9.17, 15) is 18.0 Å². The number of carbonyl (C=O) groups excluding carboxylic acids is 2. The lowest BCUT2D eigenvalue weighted by Gasteiger charge is -2.18. The first kappa shape index (κ1) is 22.7. The third-order valence-electron chi connectivity index (χ3n) is 4.96. The summed E-state index contributed by atoms with van der Waals surface area (Å²) >= 11 is 0. The molecular weight excluding hydrogens is 414 g/mol. The highest BCUT2D eigenvalue weighted by atomic mass is 32.2. The summed E-state index contributed by atoms with van der Waals surface area (Å²) < 4.78 is 26.4. The molecule has 7 nitrogen and oxygen atoms in total. The van der Waals surface area contributed by atoms with Gasteiger partial charge in [-0.05, 0) is 54.8 Å². The minimum absolute atomic E-state index is 0.145. The van der Waals surface area contributed by atoms with Crippen molar-refractivity contribution in [2.45, 2.75) is 37.6 Å². The summed E-state index contributed by atoms with van der Waals surface area (Å²) in [6.45, 7) is 4.41. The zero-order valence-electron chi connectivity index (χ0n) is 17.7. The van der Waals surface area contributed by atoms with Gasteiger partial charge in [-0.3, -0.25) is 9.59 Å². The van der Waals surface area contributed by atoms with Crippen LogP contribution in [0.4, 0.5) is 5.69 Å². The van der Waals surface area contributed by atoms with Crippen LogP contribution < -0.4 is 10.6 Å². The van der Waals surface area contributed by atoms with E-state index in [2.05, 4.69) is 10.6 Å². The van der Waals surface area contributed by atoms with Gasteiger partial charge in [-0.15, -0.1) is 0 Å². The minimum atomic E-state index is -3.51. The van der Waals surface area contributed by atoms with Crippen molar-refractivity contribution in [3.63, 3.8) is 0 Å². The minimum Gasteiger partial charge on any atom is -0.349 e. The summed E-state index contributed by atoms with van der Waals surface area (Å²) in [4.78, 5) is 24.6. The maximum atomic E-state index is 12.5. The van der Waals surface area contributed by atoms with Gasteiger partial charge in [0.25, 0.3) is 5.91 Å². The van der Waals surface area contributed by atoms with E-state index in [0.29, 0.717) is 29.9 Å². The summed E-state index contributed by atoms with van der Waals surface area (Å²) in [7, 11) is -3.51. The van der Waals surface area contributed by atoms with E-state index in [0.717, 1.165) is 12.8 Å². The first-order valence-corrected chi connectivity index (χ1v) is 11.8. The molecule has 0 atom stereocenters. The maximum absolute atomic E-state index is 12.5. The van der Waals surface area contributed by atoms with Gasteiger partial charge in [-0.2, -0.15) is 4.31 Å². The van der Waals surface area contributed by atoms with Crippen LogP contribution in [0.15, 0.2) is 59.5 Å². The summed E-state index contributed by atoms with van der Waals surface area (Å²) in [6, 6.07) is 13.4. The second-order valence-corrected chi connectivity index (χ2v) is 9.25. The number of nitrogens with zero attached hydrogens (tertiary/aromatic N) is 1. The van der Waals surface area contributed by atoms with Gasteiger partial charge in [0.05, 0.1) is 4.90 Å². The average molecular weight is 442 g/mol. The molecular formula is C23H27N3O4S. The fraction of sp³-hybridized carbons (Fsp3) is 0.304. The molecule has 31 heavy (non-hydrogen) atoms. The van der Waals surface area contributed by atoms with Crippen LogP contribution in [-0.2, 0) is 14.8 Å². The molecule has 1 aliphatic carbocycles. The van der Waals surface area contributed by atoms with Crippen LogP contribution in [0.2, 0.25) is 0 Å². The average Bonchev–Trinajstić information content (AvgIpc) is 3.57. The Bertz CT molecular complexity index is 1070. The number of rotatable bonds is 9. The molecule has 0 aromatic heterocycles. The Morgan fingerprint density at radius 3 is 2.35 bits per heavy atom. The Morgan fingerprint density at radius 1 is 1.06 bits per heavy atom. The monoisotopic (exact) mass is 441 g/mol. The lowest BCUT2D eigenvalue weighted by atomic mass is 10.2. The molecule has 0 unspecified atom stereocenters. The predicted octanol–water partition coefficient (Wildman–Crippen LogP) is 3.26. The zero-order chi connectivity index (χ0) is 22.4. The van der Waals surface area contributed by atoms with Crippen LogP contribution in [0.1, 0.15) is 42.6 Å². The second-order valence-electron chi connectivity index (χ2n) is 7.31. The van der Waals surface area contributed by atoms with Crippen LogP contribution >= 0.6 is 0 Å². The quantitative estimate of drug-likeness (QED) is 0.584. The van der Waals surface area contributed by atoms with Crippen molar-refractivity contribution in [1.29, 1.82) is 0 Å². The number of hydrogen-bond donors (Lipinski definition) is 2. The molecule has 0 saturated heterocycles. The fourth-order valence-electron chi connectivity index (χ4n) is 3.05. The van der Waals surface area contributed by atoms with Gasteiger partial charge in [-0.25, -0.2) is 8.42 Å². The second kappa shape index (κ2) is 9.89. The van der Waals surface area contributed by atoms with Crippen LogP contribution in [0.25, 0.3) is 6.08 Å². The normalized spacial score (nSPS) is 14.0. The summed E-state index contributed by atoms with van der Waals surface area (Å²) in [5.41, 5.74) is 1.73. The lowest BCUT2D eigenvalue weighted by Crippen LogP contribution is -2.30. The number of hydrogen-bond acceptors (Lipinski definition) is 4. The van der Waals surface area contributed by atoms with E-state index < -0.39 is 10.0 Å². The molecule has 0 bridgehead atoms. The SMILES string of the molecule is CCN(CC)S(=O)(=O)c1ccc(/C=C/C(=O)Nc2cccc(C(=O)NC3CC3)c2)cc1. The van der Waals surface area contributed by atoms with Gasteiger partial charge in [0.15, 0.2) is 0 Å². The number of amides is 2. The number of sulfonamides is 1. The molecule has 8 heteroatoms. The Morgan fingerprint density at radius 2 is 1.74 bits per heavy atom. The van der Waals surface area contributed by atoms with Crippen molar-refractivity contribution < 1.29 is 18.0 Å². The van der Waals surface area contributed by atoms with Gasteiger partial charge in [0, 0.05) is 36.5 Å². The third kappa shape index (κ3) is 6.02. The van der Waals surface area contributed by atoms with Crippen molar-refractivity contribution in [3.05, 3.63) is 65.7 Å². The molecule has 3 rings (SSSR count). The van der Waals surface area contributed by atoms with Crippen LogP contribution in [0, 0.1) is 0 Å². The molecule has 0 heterocycles. The van der Waals surface area contributed by atoms with E-state index in [1.807, 2.05) is 0 Å². The molecule has 1 fully saturated rings. The first-order chi connectivity index (χ1) is 14.8. The molecule has 0 spiro atoms. The van der Waals surface area contributed by atoms with Crippen molar-refractivity contribution >= 4 is 33.6 Å². The molecule has 0 radical (unpaired) electrons. The van der Waals surface area contributed by atoms with Gasteiger partial charge in [0.2, 0.25) is 15.9 Å². The summed E-state index contributed by atoms with van der Waals surface area (Å²) in [5, 5.41) is 5.65. The number of benzene rings is 2. The van der Waals surface area contributed by atoms with E-state index in [-0.39, 0.29) is 22.8 Å². The fourth-order valence-corrected chi connectivity index (χ4v) is 4.51. The highest BCUT2D eigenvalue weighted by Crippen LogP contribution is 2.20. The molecule has 2 N–H and O–H groups in total. The molecule has 1 aliphatic rings. The number of nitrogens with one attached hydrogen (secondary N) is 2. The number of carbonyl (C=O) groups is 2. The third-order valence-corrected chi connectivity index (χ3v) is 7.02. The van der Waals surface area contributed by atoms with E-state index >= 15 is 0 Å². The Balaban J connectivity index is 1.62. The Hall–Kier alpha value is -2.97. The van der Waals surface area contributed by atoms with Crippen molar-refractivity contribution in [1.82, 2.24) is 9.62 Å². The Labute approximate surface area is 183 Å². The molecule has 1 saturated carbocycles. The van der Waals surface area contributed by atoms with E-state index in [1.165, 1.54) is 22.5 Å². The molecule has 2 amide bonds. The largest absolute Gasteiger partial charge is 0.349 e. The van der Waals surface area contributed by atoms with Crippen LogP contribution in [0.3, 0.4) is 0 Å². The smallest absolute Gasteiger partial charge is 0.251 e. The van der Waals surface area contributed by atoms with Gasteiger partial charge in [-0.1, -0.05) is 32.0 Å². The van der Waals surface area contributed by atoms with Crippen molar-refractivity contribution in [2.75, 3.05) is 18.4 Å². The van der Waals surface area contributed by atoms with Crippen LogP contribution in [0.5, 0.6) is 0 Å². The standard InChI is InChI=1S/C23H27N3O4S/c1-3-26(4-2)31(29,30)21-13-8-17(9-14-21)10-15-22(27)24-20-7-5-6-18(16-20)23(28)25-19-11-12-19/h5-10,13-16,19H,3-4,11-12H2,1-2H3,(H,24,27)(H,25,28)/b15-10+. The summed E-state index contributed by atoms with van der Waals surface area (Å²) in [6.07, 6.45) is 4.99. The summed E-state index contributed by atoms with van der Waals surface area (Å²) in [5.74, 6) is -0.492. The topological polar surface area (TPSA) is 95.6 Å². The molecule has 0 aliphatic heterocycles. The van der Waals surface area contributed by atoms with Crippen molar-refractivity contribution in [2.24, 2.45) is 0 Å². The highest BCUT2D eigenvalue weighted by Gasteiger charge is 2.24. The van der Waals surface area contributed by atoms with Gasteiger partial charge >= 0.3 is 0 Å². The molecule has 164 valence electrons. The highest BCUT2D eigenvalue weighted by molar-refractivity contribution is 7.89. The maximum Gasteiger partial charge on any atom is 0.251 e. The lowest BCUT2D eigenvalue weighted by molar-refractivity contribution is -0.111. The van der Waals surface area contributed by atoms with E-state index in [4.69, 9.17) is 0 Å². The zero-order valence-corrected chi connectivity index (χ0v) is 18.5. The van der Waals surface area contributed by atoms with Crippen LogP contribution in [-0.4, -0.2) is 43.7 Å². The molecule has 2 aromatic carbocycles.